The maximum absolute atomic E-state index is 11.4. The van der Waals surface area contributed by atoms with E-state index in [1.165, 1.54) is 0 Å². The number of rotatable bonds is 3. The molecule has 0 aliphatic rings. The molecule has 0 fully saturated rings. The zero-order valence-corrected chi connectivity index (χ0v) is 13.0. The maximum Gasteiger partial charge on any atom is 0.337 e. The van der Waals surface area contributed by atoms with Crippen LogP contribution in [0.3, 0.4) is 0 Å². The van der Waals surface area contributed by atoms with Crippen molar-refractivity contribution in [3.8, 4) is 11.3 Å². The quantitative estimate of drug-likeness (QED) is 0.911. The van der Waals surface area contributed by atoms with Gasteiger partial charge in [-0.2, -0.15) is 0 Å². The summed E-state index contributed by atoms with van der Waals surface area (Å²) < 4.78 is 0. The van der Waals surface area contributed by atoms with Gasteiger partial charge < -0.3 is 5.11 Å². The number of nitrogens with zero attached hydrogens (tertiary/aromatic N) is 1. The Bertz CT molecular complexity index is 652. The molecule has 0 saturated heterocycles. The van der Waals surface area contributed by atoms with E-state index < -0.39 is 5.97 Å². The number of carboxylic acids is 1. The predicted molar refractivity (Wildman–Crippen MR) is 84.5 cm³/mol. The molecule has 3 heteroatoms. The Morgan fingerprint density at radius 3 is 2.24 bits per heavy atom. The zero-order valence-electron chi connectivity index (χ0n) is 13.0. The summed E-state index contributed by atoms with van der Waals surface area (Å²) in [4.78, 5) is 16.0. The van der Waals surface area contributed by atoms with Crippen molar-refractivity contribution in [2.45, 2.75) is 34.1 Å². The number of hydrogen-bond acceptors (Lipinski definition) is 2. The van der Waals surface area contributed by atoms with E-state index in [-0.39, 0.29) is 11.0 Å². The first-order chi connectivity index (χ1) is 9.76. The largest absolute Gasteiger partial charge is 0.478 e. The number of carbonyl (C=O) groups is 1. The molecule has 0 radical (unpaired) electrons. The maximum atomic E-state index is 11.4. The Labute approximate surface area is 125 Å². The summed E-state index contributed by atoms with van der Waals surface area (Å²) in [5.74, 6) is -0.944. The molecule has 1 aromatic heterocycles. The summed E-state index contributed by atoms with van der Waals surface area (Å²) in [6, 6.07) is 11.3. The van der Waals surface area contributed by atoms with Gasteiger partial charge in [-0.3, -0.25) is 4.98 Å². The van der Waals surface area contributed by atoms with Crippen molar-refractivity contribution in [2.24, 2.45) is 5.41 Å². The van der Waals surface area contributed by atoms with Crippen molar-refractivity contribution in [1.82, 2.24) is 4.98 Å². The third-order valence-electron chi connectivity index (χ3n) is 3.22. The van der Waals surface area contributed by atoms with Crippen LogP contribution in [0.2, 0.25) is 0 Å². The van der Waals surface area contributed by atoms with E-state index in [1.807, 2.05) is 37.3 Å². The molecule has 1 N–H and O–H groups in total. The minimum absolute atomic E-state index is 0.113. The summed E-state index contributed by atoms with van der Waals surface area (Å²) >= 11 is 0. The molecule has 1 heterocycles. The van der Waals surface area contributed by atoms with Gasteiger partial charge in [-0.1, -0.05) is 50.6 Å². The fourth-order valence-electron chi connectivity index (χ4n) is 2.25. The van der Waals surface area contributed by atoms with Gasteiger partial charge in [0.05, 0.1) is 11.3 Å². The van der Waals surface area contributed by atoms with E-state index in [0.717, 1.165) is 23.2 Å². The molecular formula is C18H21NO2. The molecule has 0 aliphatic heterocycles. The van der Waals surface area contributed by atoms with Crippen LogP contribution in [0.1, 0.15) is 42.4 Å². The minimum atomic E-state index is -0.944. The topological polar surface area (TPSA) is 50.2 Å². The number of carboxylic acid groups (broad SMARTS) is 1. The monoisotopic (exact) mass is 283 g/mol. The first-order valence-electron chi connectivity index (χ1n) is 7.06. The minimum Gasteiger partial charge on any atom is -0.478 e. The van der Waals surface area contributed by atoms with Gasteiger partial charge in [0.25, 0.3) is 0 Å². The van der Waals surface area contributed by atoms with Gasteiger partial charge in [-0.25, -0.2) is 4.79 Å². The summed E-state index contributed by atoms with van der Waals surface area (Å²) in [6.07, 6.45) is 0.811. The average Bonchev–Trinajstić information content (AvgIpc) is 2.37. The molecule has 0 aliphatic carbocycles. The summed E-state index contributed by atoms with van der Waals surface area (Å²) in [7, 11) is 0. The molecule has 110 valence electrons. The molecule has 0 bridgehead atoms. The van der Waals surface area contributed by atoms with Crippen molar-refractivity contribution < 1.29 is 9.90 Å². The Kier molecular flexibility index (Phi) is 4.12. The number of pyridine rings is 1. The number of benzene rings is 1. The van der Waals surface area contributed by atoms with Gasteiger partial charge in [-0.05, 0) is 30.9 Å². The molecule has 2 aromatic rings. The smallest absolute Gasteiger partial charge is 0.337 e. The highest BCUT2D eigenvalue weighted by molar-refractivity contribution is 5.94. The first kappa shape index (κ1) is 15.2. The molecule has 0 saturated carbocycles. The van der Waals surface area contributed by atoms with Crippen molar-refractivity contribution >= 4 is 5.97 Å². The van der Waals surface area contributed by atoms with E-state index in [2.05, 4.69) is 25.8 Å². The van der Waals surface area contributed by atoms with E-state index in [1.54, 1.807) is 6.07 Å². The molecule has 21 heavy (non-hydrogen) atoms. The molecule has 1 aromatic carbocycles. The number of hydrogen-bond donors (Lipinski definition) is 1. The van der Waals surface area contributed by atoms with E-state index in [4.69, 9.17) is 0 Å². The highest BCUT2D eigenvalue weighted by Crippen LogP contribution is 2.26. The number of aromatic nitrogens is 1. The van der Waals surface area contributed by atoms with E-state index >= 15 is 0 Å². The van der Waals surface area contributed by atoms with Gasteiger partial charge in [0.1, 0.15) is 0 Å². The Morgan fingerprint density at radius 2 is 1.71 bits per heavy atom. The third-order valence-corrected chi connectivity index (χ3v) is 3.22. The molecule has 2 rings (SSSR count). The summed E-state index contributed by atoms with van der Waals surface area (Å²) in [5.41, 5.74) is 3.81. The van der Waals surface area contributed by atoms with Crippen LogP contribution in [0.5, 0.6) is 0 Å². The van der Waals surface area contributed by atoms with E-state index in [0.29, 0.717) is 5.69 Å². The molecule has 0 amide bonds. The molecule has 3 nitrogen and oxygen atoms in total. The fourth-order valence-corrected chi connectivity index (χ4v) is 2.25. The van der Waals surface area contributed by atoms with Crippen LogP contribution in [0.15, 0.2) is 36.4 Å². The highest BCUT2D eigenvalue weighted by Gasteiger charge is 2.17. The Balaban J connectivity index is 2.52. The zero-order chi connectivity index (χ0) is 15.6. The van der Waals surface area contributed by atoms with Crippen LogP contribution in [-0.2, 0) is 6.42 Å². The molecular weight excluding hydrogens is 262 g/mol. The lowest BCUT2D eigenvalue weighted by molar-refractivity contribution is 0.0697. The van der Waals surface area contributed by atoms with Crippen LogP contribution in [0.25, 0.3) is 11.3 Å². The predicted octanol–water partition coefficient (Wildman–Crippen LogP) is 4.34. The van der Waals surface area contributed by atoms with Gasteiger partial charge >= 0.3 is 5.97 Å². The standard InChI is InChI=1S/C18H21NO2/c1-12-5-7-13(8-6-12)16-15(17(20)21)10-9-14(19-16)11-18(2,3)4/h5-10H,11H2,1-4H3,(H,20,21). The second kappa shape index (κ2) is 5.68. The fraction of sp³-hybridized carbons (Fsp3) is 0.333. The number of aryl methyl sites for hydroxylation is 1. The Morgan fingerprint density at radius 1 is 1.10 bits per heavy atom. The van der Waals surface area contributed by atoms with E-state index in [9.17, 15) is 9.90 Å². The summed E-state index contributed by atoms with van der Waals surface area (Å²) in [6.45, 7) is 8.44. The van der Waals surface area contributed by atoms with Gasteiger partial charge in [0.15, 0.2) is 0 Å². The van der Waals surface area contributed by atoms with Gasteiger partial charge in [0, 0.05) is 11.3 Å². The normalized spacial score (nSPS) is 11.4. The van der Waals surface area contributed by atoms with Crippen LogP contribution >= 0.6 is 0 Å². The Hall–Kier alpha value is -2.16. The van der Waals surface area contributed by atoms with Crippen LogP contribution in [0.4, 0.5) is 0 Å². The van der Waals surface area contributed by atoms with Crippen molar-refractivity contribution in [1.29, 1.82) is 0 Å². The lowest BCUT2D eigenvalue weighted by atomic mass is 9.90. The molecule has 0 spiro atoms. The van der Waals surface area contributed by atoms with Crippen molar-refractivity contribution in [2.75, 3.05) is 0 Å². The molecule has 0 unspecified atom stereocenters. The van der Waals surface area contributed by atoms with Crippen molar-refractivity contribution in [3.63, 3.8) is 0 Å². The average molecular weight is 283 g/mol. The third kappa shape index (κ3) is 3.91. The highest BCUT2D eigenvalue weighted by atomic mass is 16.4. The SMILES string of the molecule is Cc1ccc(-c2nc(CC(C)(C)C)ccc2C(=O)O)cc1. The van der Waals surface area contributed by atoms with Gasteiger partial charge in [-0.15, -0.1) is 0 Å². The second-order valence-electron chi connectivity index (χ2n) is 6.61. The first-order valence-corrected chi connectivity index (χ1v) is 7.06. The van der Waals surface area contributed by atoms with Crippen LogP contribution in [0, 0.1) is 12.3 Å². The van der Waals surface area contributed by atoms with Gasteiger partial charge in [0.2, 0.25) is 0 Å². The molecule has 0 atom stereocenters. The lowest BCUT2D eigenvalue weighted by Gasteiger charge is -2.18. The van der Waals surface area contributed by atoms with Crippen molar-refractivity contribution in [3.05, 3.63) is 53.2 Å². The summed E-state index contributed by atoms with van der Waals surface area (Å²) in [5, 5.41) is 9.37. The van der Waals surface area contributed by atoms with Crippen LogP contribution in [-0.4, -0.2) is 16.1 Å². The lowest BCUT2D eigenvalue weighted by Crippen LogP contribution is -2.12. The van der Waals surface area contributed by atoms with Crippen LogP contribution < -0.4 is 0 Å². The second-order valence-corrected chi connectivity index (χ2v) is 6.61. The number of aromatic carboxylic acids is 1.